The van der Waals surface area contributed by atoms with Crippen LogP contribution in [0.4, 0.5) is 0 Å². The summed E-state index contributed by atoms with van der Waals surface area (Å²) in [7, 11) is 0. The topological polar surface area (TPSA) is 53.0 Å². The van der Waals surface area contributed by atoms with Crippen LogP contribution < -0.4 is 5.73 Å². The zero-order chi connectivity index (χ0) is 13.4. The lowest BCUT2D eigenvalue weighted by molar-refractivity contribution is 0.138. The molecule has 1 unspecified atom stereocenters. The highest BCUT2D eigenvalue weighted by atomic mass is 15.2. The molecule has 1 rings (SSSR count). The molecule has 0 radical (unpaired) electrons. The van der Waals surface area contributed by atoms with Crippen molar-refractivity contribution < 1.29 is 0 Å². The van der Waals surface area contributed by atoms with Crippen molar-refractivity contribution in [1.82, 2.24) is 4.90 Å². The average molecular weight is 251 g/mol. The van der Waals surface area contributed by atoms with Crippen LogP contribution in [0.15, 0.2) is 0 Å². The van der Waals surface area contributed by atoms with Gasteiger partial charge in [0.15, 0.2) is 0 Å². The summed E-state index contributed by atoms with van der Waals surface area (Å²) in [4.78, 5) is 2.62. The number of nitriles is 1. The van der Waals surface area contributed by atoms with Gasteiger partial charge >= 0.3 is 0 Å². The van der Waals surface area contributed by atoms with E-state index in [1.165, 1.54) is 38.8 Å². The smallest absolute Gasteiger partial charge is 0.0683 e. The number of hydrogen-bond donors (Lipinski definition) is 1. The van der Waals surface area contributed by atoms with E-state index in [4.69, 9.17) is 11.0 Å². The predicted octanol–water partition coefficient (Wildman–Crippen LogP) is 2.91. The van der Waals surface area contributed by atoms with Crippen LogP contribution in [0.5, 0.6) is 0 Å². The van der Waals surface area contributed by atoms with E-state index >= 15 is 0 Å². The fourth-order valence-electron chi connectivity index (χ4n) is 2.81. The van der Waals surface area contributed by atoms with Crippen molar-refractivity contribution in [3.63, 3.8) is 0 Å². The zero-order valence-corrected chi connectivity index (χ0v) is 12.1. The fourth-order valence-corrected chi connectivity index (χ4v) is 2.81. The standard InChI is InChI=1S/C15H29N3/c1-15(2,13-17)9-4-6-12-18-11-5-3-7-14(18)8-10-16/h14H,3-12,16H2,1-2H3. The molecule has 0 amide bonds. The largest absolute Gasteiger partial charge is 0.330 e. The van der Waals surface area contributed by atoms with Gasteiger partial charge < -0.3 is 10.6 Å². The molecule has 0 aromatic carbocycles. The normalized spacial score (nSPS) is 21.8. The van der Waals surface area contributed by atoms with E-state index in [-0.39, 0.29) is 5.41 Å². The summed E-state index contributed by atoms with van der Waals surface area (Å²) in [5, 5.41) is 8.98. The first-order valence-electron chi connectivity index (χ1n) is 7.44. The van der Waals surface area contributed by atoms with Crippen LogP contribution >= 0.6 is 0 Å². The van der Waals surface area contributed by atoms with Crippen molar-refractivity contribution in [3.05, 3.63) is 0 Å². The second-order valence-corrected chi connectivity index (χ2v) is 6.22. The second kappa shape index (κ2) is 7.76. The summed E-state index contributed by atoms with van der Waals surface area (Å²) in [5.41, 5.74) is 5.53. The summed E-state index contributed by atoms with van der Waals surface area (Å²) in [5.74, 6) is 0. The number of likely N-dealkylation sites (tertiary alicyclic amines) is 1. The molecular formula is C15H29N3. The van der Waals surface area contributed by atoms with E-state index < -0.39 is 0 Å². The van der Waals surface area contributed by atoms with Crippen molar-refractivity contribution in [2.24, 2.45) is 11.1 Å². The zero-order valence-electron chi connectivity index (χ0n) is 12.1. The number of piperidine rings is 1. The van der Waals surface area contributed by atoms with Crippen LogP contribution in [0.25, 0.3) is 0 Å². The Labute approximate surface area is 112 Å². The van der Waals surface area contributed by atoms with Crippen molar-refractivity contribution in [2.75, 3.05) is 19.6 Å². The Morgan fingerprint density at radius 2 is 2.11 bits per heavy atom. The number of nitrogens with two attached hydrogens (primary N) is 1. The second-order valence-electron chi connectivity index (χ2n) is 6.22. The Morgan fingerprint density at radius 3 is 2.78 bits per heavy atom. The van der Waals surface area contributed by atoms with Crippen molar-refractivity contribution in [3.8, 4) is 6.07 Å². The van der Waals surface area contributed by atoms with Crippen molar-refractivity contribution >= 4 is 0 Å². The van der Waals surface area contributed by atoms with E-state index in [0.717, 1.165) is 25.8 Å². The Morgan fingerprint density at radius 1 is 1.33 bits per heavy atom. The SMILES string of the molecule is CC(C)(C#N)CCCCN1CCCCC1CCN. The molecule has 1 atom stereocenters. The van der Waals surface area contributed by atoms with E-state index in [2.05, 4.69) is 11.0 Å². The lowest BCUT2D eigenvalue weighted by Gasteiger charge is -2.35. The van der Waals surface area contributed by atoms with Gasteiger partial charge in [-0.05, 0) is 65.6 Å². The third-order valence-corrected chi connectivity index (χ3v) is 4.05. The third-order valence-electron chi connectivity index (χ3n) is 4.05. The molecule has 18 heavy (non-hydrogen) atoms. The molecule has 0 spiro atoms. The van der Waals surface area contributed by atoms with Gasteiger partial charge in [0.2, 0.25) is 0 Å². The highest BCUT2D eigenvalue weighted by molar-refractivity contribution is 4.91. The molecule has 0 aromatic rings. The molecule has 2 N–H and O–H groups in total. The summed E-state index contributed by atoms with van der Waals surface area (Å²) in [6, 6.07) is 3.09. The molecule has 3 heteroatoms. The first-order valence-corrected chi connectivity index (χ1v) is 7.44. The van der Waals surface area contributed by atoms with E-state index in [1.807, 2.05) is 13.8 Å². The maximum absolute atomic E-state index is 8.98. The molecule has 1 heterocycles. The van der Waals surface area contributed by atoms with Gasteiger partial charge in [-0.2, -0.15) is 5.26 Å². The number of unbranched alkanes of at least 4 members (excludes halogenated alkanes) is 1. The minimum Gasteiger partial charge on any atom is -0.330 e. The van der Waals surface area contributed by atoms with Crippen LogP contribution in [0, 0.1) is 16.7 Å². The summed E-state index contributed by atoms with van der Waals surface area (Å²) < 4.78 is 0. The predicted molar refractivity (Wildman–Crippen MR) is 76.1 cm³/mol. The first kappa shape index (κ1) is 15.5. The lowest BCUT2D eigenvalue weighted by atomic mass is 9.89. The molecule has 1 aliphatic heterocycles. The van der Waals surface area contributed by atoms with Gasteiger partial charge in [-0.25, -0.2) is 0 Å². The Bertz CT molecular complexity index is 265. The monoisotopic (exact) mass is 251 g/mol. The average Bonchev–Trinajstić information content (AvgIpc) is 2.37. The lowest BCUT2D eigenvalue weighted by Crippen LogP contribution is -2.41. The van der Waals surface area contributed by atoms with Crippen LogP contribution in [0.1, 0.15) is 58.8 Å². The third kappa shape index (κ3) is 5.37. The van der Waals surface area contributed by atoms with Gasteiger partial charge in [0, 0.05) is 6.04 Å². The van der Waals surface area contributed by atoms with Gasteiger partial charge in [0.25, 0.3) is 0 Å². The fraction of sp³-hybridized carbons (Fsp3) is 0.933. The summed E-state index contributed by atoms with van der Waals surface area (Å²) in [6.45, 7) is 7.30. The van der Waals surface area contributed by atoms with Crippen molar-refractivity contribution in [2.45, 2.75) is 64.8 Å². The Kier molecular flexibility index (Phi) is 6.67. The van der Waals surface area contributed by atoms with Crippen LogP contribution in [0.2, 0.25) is 0 Å². The van der Waals surface area contributed by atoms with Crippen molar-refractivity contribution in [1.29, 1.82) is 5.26 Å². The van der Waals surface area contributed by atoms with E-state index in [0.29, 0.717) is 6.04 Å². The molecule has 0 saturated carbocycles. The number of rotatable bonds is 7. The maximum atomic E-state index is 8.98. The molecule has 3 nitrogen and oxygen atoms in total. The van der Waals surface area contributed by atoms with Crippen LogP contribution in [-0.4, -0.2) is 30.6 Å². The highest BCUT2D eigenvalue weighted by Crippen LogP contribution is 2.23. The van der Waals surface area contributed by atoms with Gasteiger partial charge in [-0.1, -0.05) is 12.8 Å². The highest BCUT2D eigenvalue weighted by Gasteiger charge is 2.21. The van der Waals surface area contributed by atoms with Gasteiger partial charge in [0.1, 0.15) is 0 Å². The van der Waals surface area contributed by atoms with Gasteiger partial charge in [-0.3, -0.25) is 0 Å². The summed E-state index contributed by atoms with van der Waals surface area (Å²) in [6.07, 6.45) is 8.55. The minimum atomic E-state index is -0.154. The molecule has 1 aliphatic rings. The van der Waals surface area contributed by atoms with Crippen LogP contribution in [0.3, 0.4) is 0 Å². The van der Waals surface area contributed by atoms with E-state index in [1.54, 1.807) is 0 Å². The molecular weight excluding hydrogens is 222 g/mol. The van der Waals surface area contributed by atoms with Gasteiger partial charge in [-0.15, -0.1) is 0 Å². The number of nitrogens with zero attached hydrogens (tertiary/aromatic N) is 2. The Balaban J connectivity index is 2.22. The molecule has 0 bridgehead atoms. The summed E-state index contributed by atoms with van der Waals surface area (Å²) >= 11 is 0. The quantitative estimate of drug-likeness (QED) is 0.708. The number of hydrogen-bond acceptors (Lipinski definition) is 3. The molecule has 1 saturated heterocycles. The maximum Gasteiger partial charge on any atom is 0.0683 e. The molecule has 0 aliphatic carbocycles. The molecule has 0 aromatic heterocycles. The van der Waals surface area contributed by atoms with Gasteiger partial charge in [0.05, 0.1) is 11.5 Å². The molecule has 104 valence electrons. The Hall–Kier alpha value is -0.590. The first-order chi connectivity index (χ1) is 8.59. The minimum absolute atomic E-state index is 0.154. The molecule has 1 fully saturated rings. The van der Waals surface area contributed by atoms with E-state index in [9.17, 15) is 0 Å². The van der Waals surface area contributed by atoms with Crippen LogP contribution in [-0.2, 0) is 0 Å².